The second-order valence-corrected chi connectivity index (χ2v) is 6.63. The largest absolute Gasteiger partial charge is 0.344 e. The van der Waals surface area contributed by atoms with Crippen LogP contribution in [0.2, 0.25) is 0 Å². The molecule has 2 atom stereocenters. The van der Waals surface area contributed by atoms with Crippen LogP contribution in [0, 0.1) is 0 Å². The third-order valence-electron chi connectivity index (χ3n) is 5.06. The Hall–Kier alpha value is -3.60. The van der Waals surface area contributed by atoms with E-state index in [4.69, 9.17) is 5.53 Å². The Balaban J connectivity index is 1.93. The van der Waals surface area contributed by atoms with Crippen LogP contribution in [0.4, 0.5) is 0 Å². The summed E-state index contributed by atoms with van der Waals surface area (Å²) in [6.45, 7) is 0. The monoisotopic (exact) mass is 369 g/mol. The van der Waals surface area contributed by atoms with Crippen molar-refractivity contribution in [2.24, 2.45) is 5.11 Å². The number of hydrogen-bond donors (Lipinski definition) is 2. The van der Waals surface area contributed by atoms with Gasteiger partial charge >= 0.3 is 0 Å². The van der Waals surface area contributed by atoms with Crippen LogP contribution in [-0.2, 0) is 10.3 Å². The molecule has 6 heteroatoms. The van der Waals surface area contributed by atoms with Gasteiger partial charge in [0, 0.05) is 4.91 Å². The Morgan fingerprint density at radius 2 is 1.25 bits per heavy atom. The number of nitrogens with zero attached hydrogens (tertiary/aromatic N) is 3. The number of rotatable bonds is 6. The smallest absolute Gasteiger partial charge is 0.239 e. The first-order chi connectivity index (χ1) is 13.8. The summed E-state index contributed by atoms with van der Waals surface area (Å²) >= 11 is 0. The third-order valence-corrected chi connectivity index (χ3v) is 5.06. The zero-order chi connectivity index (χ0) is 19.4. The molecule has 1 amide bonds. The van der Waals surface area contributed by atoms with Crippen molar-refractivity contribution in [1.29, 1.82) is 0 Å². The van der Waals surface area contributed by atoms with Gasteiger partial charge in [-0.05, 0) is 22.2 Å². The van der Waals surface area contributed by atoms with Gasteiger partial charge in [-0.2, -0.15) is 0 Å². The van der Waals surface area contributed by atoms with E-state index in [1.807, 2.05) is 91.0 Å². The lowest BCUT2D eigenvalue weighted by atomic mass is 9.76. The fraction of sp³-hybridized carbons (Fsp3) is 0.136. The lowest BCUT2D eigenvalue weighted by molar-refractivity contribution is -0.132. The first kappa shape index (κ1) is 17.8. The predicted octanol–water partition coefficient (Wildman–Crippen LogP) is 3.70. The van der Waals surface area contributed by atoms with Gasteiger partial charge in [0.15, 0.2) is 0 Å². The molecule has 0 unspecified atom stereocenters. The van der Waals surface area contributed by atoms with Crippen LogP contribution >= 0.6 is 0 Å². The van der Waals surface area contributed by atoms with E-state index in [-0.39, 0.29) is 5.91 Å². The van der Waals surface area contributed by atoms with Crippen molar-refractivity contribution >= 4 is 5.91 Å². The number of carbonyl (C=O) groups is 1. The minimum absolute atomic E-state index is 0.190. The van der Waals surface area contributed by atoms with Crippen molar-refractivity contribution in [2.75, 3.05) is 0 Å². The molecule has 0 radical (unpaired) electrons. The molecule has 3 aromatic rings. The molecule has 0 spiro atoms. The van der Waals surface area contributed by atoms with Crippen molar-refractivity contribution in [2.45, 2.75) is 17.7 Å². The first-order valence-electron chi connectivity index (χ1n) is 9.04. The number of carbonyl (C=O) groups excluding carboxylic acids is 1. The molecule has 6 nitrogen and oxygen atoms in total. The third kappa shape index (κ3) is 3.01. The highest BCUT2D eigenvalue weighted by Crippen LogP contribution is 2.38. The summed E-state index contributed by atoms with van der Waals surface area (Å²) < 4.78 is 0. The predicted molar refractivity (Wildman–Crippen MR) is 107 cm³/mol. The lowest BCUT2D eigenvalue weighted by Crippen LogP contribution is -2.71. The van der Waals surface area contributed by atoms with E-state index in [9.17, 15) is 4.79 Å². The molecule has 3 aromatic carbocycles. The molecular weight excluding hydrogens is 350 g/mol. The van der Waals surface area contributed by atoms with E-state index in [1.165, 1.54) is 0 Å². The molecule has 0 aromatic heterocycles. The van der Waals surface area contributed by atoms with Gasteiger partial charge in [-0.1, -0.05) is 96.1 Å². The van der Waals surface area contributed by atoms with E-state index in [0.29, 0.717) is 0 Å². The van der Waals surface area contributed by atoms with Crippen LogP contribution < -0.4 is 10.6 Å². The summed E-state index contributed by atoms with van der Waals surface area (Å²) in [5.74, 6) is -0.190. The summed E-state index contributed by atoms with van der Waals surface area (Å²) in [6.07, 6.45) is -0.631. The van der Waals surface area contributed by atoms with Gasteiger partial charge < -0.3 is 5.32 Å². The number of azide groups is 1. The normalized spacial score (nSPS) is 18.5. The maximum absolute atomic E-state index is 12.3. The van der Waals surface area contributed by atoms with Crippen molar-refractivity contribution in [3.05, 3.63) is 118 Å². The van der Waals surface area contributed by atoms with Crippen molar-refractivity contribution < 1.29 is 4.79 Å². The molecule has 1 aliphatic rings. The van der Waals surface area contributed by atoms with Crippen LogP contribution in [0.3, 0.4) is 0 Å². The van der Waals surface area contributed by atoms with Crippen LogP contribution in [0.25, 0.3) is 10.4 Å². The van der Waals surface area contributed by atoms with Gasteiger partial charge in [0.05, 0.1) is 5.54 Å². The summed E-state index contributed by atoms with van der Waals surface area (Å²) in [6, 6.07) is 29.3. The summed E-state index contributed by atoms with van der Waals surface area (Å²) in [5.41, 5.74) is 11.0. The average molecular weight is 369 g/mol. The van der Waals surface area contributed by atoms with Crippen LogP contribution in [0.5, 0.6) is 0 Å². The van der Waals surface area contributed by atoms with E-state index in [1.54, 1.807) is 0 Å². The fourth-order valence-corrected chi connectivity index (χ4v) is 3.71. The molecule has 1 saturated heterocycles. The Bertz CT molecular complexity index is 904. The van der Waals surface area contributed by atoms with E-state index in [0.717, 1.165) is 16.7 Å². The molecule has 1 heterocycles. The topological polar surface area (TPSA) is 89.9 Å². The van der Waals surface area contributed by atoms with Crippen LogP contribution in [0.1, 0.15) is 16.7 Å². The van der Waals surface area contributed by atoms with Crippen molar-refractivity contribution in [1.82, 2.24) is 10.6 Å². The van der Waals surface area contributed by atoms with Crippen molar-refractivity contribution in [3.63, 3.8) is 0 Å². The van der Waals surface area contributed by atoms with Gasteiger partial charge in [0.2, 0.25) is 5.91 Å². The highest BCUT2D eigenvalue weighted by molar-refractivity contribution is 5.89. The van der Waals surface area contributed by atoms with E-state index in [2.05, 4.69) is 20.7 Å². The molecule has 28 heavy (non-hydrogen) atoms. The number of nitrogens with one attached hydrogen (secondary N) is 2. The number of benzene rings is 3. The molecule has 4 rings (SSSR count). The van der Waals surface area contributed by atoms with E-state index < -0.39 is 17.7 Å². The number of hydrogen-bond acceptors (Lipinski definition) is 3. The average Bonchev–Trinajstić information content (AvgIpc) is 2.76. The van der Waals surface area contributed by atoms with Gasteiger partial charge in [0.1, 0.15) is 12.2 Å². The molecule has 0 aliphatic carbocycles. The molecule has 1 aliphatic heterocycles. The summed E-state index contributed by atoms with van der Waals surface area (Å²) in [5, 5.41) is 9.89. The quantitative estimate of drug-likeness (QED) is 0.228. The Morgan fingerprint density at radius 3 is 1.61 bits per heavy atom. The minimum atomic E-state index is -0.782. The minimum Gasteiger partial charge on any atom is -0.344 e. The van der Waals surface area contributed by atoms with Gasteiger partial charge in [0.25, 0.3) is 0 Å². The number of β-lactam (4-membered cyclic amide) rings is 1. The van der Waals surface area contributed by atoms with Crippen LogP contribution in [0.15, 0.2) is 96.1 Å². The van der Waals surface area contributed by atoms with Gasteiger partial charge in [-0.15, -0.1) is 0 Å². The fourth-order valence-electron chi connectivity index (χ4n) is 3.71. The standard InChI is InChI=1S/C22H19N5O/c23-27-26-20-19(21(28)24-20)25-22(16-10-4-1-5-11-16,17-12-6-2-7-13-17)18-14-8-3-9-15-18/h1-15,19-20,25H,(H,24,28)/t19-,20-/m0/s1. The lowest BCUT2D eigenvalue weighted by Gasteiger charge is -2.44. The Morgan fingerprint density at radius 1 is 0.821 bits per heavy atom. The van der Waals surface area contributed by atoms with Gasteiger partial charge in [-0.25, -0.2) is 0 Å². The zero-order valence-corrected chi connectivity index (χ0v) is 15.1. The second kappa shape index (κ2) is 7.56. The van der Waals surface area contributed by atoms with Gasteiger partial charge in [-0.3, -0.25) is 10.1 Å². The molecule has 2 N–H and O–H groups in total. The summed E-state index contributed by atoms with van der Waals surface area (Å²) in [4.78, 5) is 15.2. The maximum atomic E-state index is 12.3. The van der Waals surface area contributed by atoms with E-state index >= 15 is 0 Å². The molecule has 138 valence electrons. The number of amides is 1. The van der Waals surface area contributed by atoms with Crippen molar-refractivity contribution in [3.8, 4) is 0 Å². The second-order valence-electron chi connectivity index (χ2n) is 6.63. The Labute approximate surface area is 162 Å². The molecule has 0 saturated carbocycles. The molecule has 1 fully saturated rings. The maximum Gasteiger partial charge on any atom is 0.239 e. The molecule has 0 bridgehead atoms. The first-order valence-corrected chi connectivity index (χ1v) is 9.04. The van der Waals surface area contributed by atoms with Crippen LogP contribution in [-0.4, -0.2) is 18.1 Å². The highest BCUT2D eigenvalue weighted by Gasteiger charge is 2.46. The zero-order valence-electron chi connectivity index (χ0n) is 15.1. The Kier molecular flexibility index (Phi) is 4.81. The summed E-state index contributed by atoms with van der Waals surface area (Å²) in [7, 11) is 0. The molecular formula is C22H19N5O. The SMILES string of the molecule is [N-]=[N+]=N[C@@H]1NC(=O)[C@H]1NC(c1ccccc1)(c1ccccc1)c1ccccc1. The highest BCUT2D eigenvalue weighted by atomic mass is 16.2.